The van der Waals surface area contributed by atoms with E-state index in [1.54, 1.807) is 0 Å². The molecule has 10 rings (SSSR count). The van der Waals surface area contributed by atoms with Crippen molar-refractivity contribution >= 4 is 39.0 Å². The number of anilines is 3. The van der Waals surface area contributed by atoms with Gasteiger partial charge in [-0.05, 0) is 86.5 Å². The zero-order valence-corrected chi connectivity index (χ0v) is 28.8. The van der Waals surface area contributed by atoms with Gasteiger partial charge in [0.15, 0.2) is 5.58 Å². The first-order chi connectivity index (χ1) is 24.3. The zero-order valence-electron chi connectivity index (χ0n) is 28.8. The fraction of sp³-hybridized carbons (Fsp3) is 0.125. The van der Waals surface area contributed by atoms with Crippen molar-refractivity contribution in [3.05, 3.63) is 174 Å². The lowest BCUT2D eigenvalue weighted by Crippen LogP contribution is -2.18. The van der Waals surface area contributed by atoms with E-state index in [0.29, 0.717) is 0 Å². The highest BCUT2D eigenvalue weighted by Gasteiger charge is 2.41. The molecule has 0 aliphatic heterocycles. The Bertz CT molecular complexity index is 2640. The first-order valence-corrected chi connectivity index (χ1v) is 17.6. The molecule has 8 aromatic rings. The van der Waals surface area contributed by atoms with Crippen molar-refractivity contribution in [2.45, 2.75) is 38.5 Å². The molecule has 0 amide bonds. The molecule has 0 atom stereocenters. The Morgan fingerprint density at radius 1 is 0.440 bits per heavy atom. The highest BCUT2D eigenvalue weighted by Crippen LogP contribution is 2.58. The molecule has 7 aromatic carbocycles. The predicted molar refractivity (Wildman–Crippen MR) is 209 cm³/mol. The van der Waals surface area contributed by atoms with Gasteiger partial charge in [0.2, 0.25) is 0 Å². The molecule has 0 radical (unpaired) electrons. The summed E-state index contributed by atoms with van der Waals surface area (Å²) in [7, 11) is 0. The van der Waals surface area contributed by atoms with Gasteiger partial charge in [-0.25, -0.2) is 0 Å². The van der Waals surface area contributed by atoms with E-state index in [-0.39, 0.29) is 10.8 Å². The lowest BCUT2D eigenvalue weighted by atomic mass is 9.81. The van der Waals surface area contributed by atoms with Crippen molar-refractivity contribution in [2.24, 2.45) is 0 Å². The molecule has 2 nitrogen and oxygen atoms in total. The van der Waals surface area contributed by atoms with Crippen LogP contribution in [0.4, 0.5) is 17.1 Å². The summed E-state index contributed by atoms with van der Waals surface area (Å²) in [5.41, 5.74) is 17.7. The van der Waals surface area contributed by atoms with Crippen LogP contribution >= 0.6 is 0 Å². The average molecular weight is 644 g/mol. The van der Waals surface area contributed by atoms with Crippen molar-refractivity contribution in [1.82, 2.24) is 0 Å². The van der Waals surface area contributed by atoms with E-state index in [9.17, 15) is 0 Å². The summed E-state index contributed by atoms with van der Waals surface area (Å²) in [6.07, 6.45) is 0. The molecule has 50 heavy (non-hydrogen) atoms. The summed E-state index contributed by atoms with van der Waals surface area (Å²) >= 11 is 0. The predicted octanol–water partition coefficient (Wildman–Crippen LogP) is 13.3. The summed E-state index contributed by atoms with van der Waals surface area (Å²) in [5.74, 6) is 0. The third-order valence-electron chi connectivity index (χ3n) is 11.5. The Balaban J connectivity index is 1.30. The smallest absolute Gasteiger partial charge is 0.160 e. The normalized spacial score (nSPS) is 14.7. The van der Waals surface area contributed by atoms with Crippen LogP contribution in [-0.2, 0) is 10.8 Å². The monoisotopic (exact) mass is 643 g/mol. The van der Waals surface area contributed by atoms with Crippen molar-refractivity contribution in [3.63, 3.8) is 0 Å². The van der Waals surface area contributed by atoms with Gasteiger partial charge in [0.25, 0.3) is 0 Å². The summed E-state index contributed by atoms with van der Waals surface area (Å²) in [4.78, 5) is 2.47. The van der Waals surface area contributed by atoms with E-state index in [1.807, 2.05) is 0 Å². The van der Waals surface area contributed by atoms with Crippen molar-refractivity contribution in [1.29, 1.82) is 0 Å². The standard InChI is InChI=1S/C48H37NO/c1-47(2)39-19-11-8-16-34(39)35-27-26-33(28-41(35)47)49(32-24-22-31(23-25-32)30-14-6-5-7-15-30)45-44-37-18-9-12-20-40(37)48(3,4)42(44)29-38-36-17-10-13-21-43(36)50-46(38)45/h5-29H,1-4H3. The second-order valence-electron chi connectivity index (χ2n) is 14.9. The molecule has 240 valence electrons. The molecular weight excluding hydrogens is 607 g/mol. The Labute approximate surface area is 293 Å². The highest BCUT2D eigenvalue weighted by atomic mass is 16.3. The van der Waals surface area contributed by atoms with Gasteiger partial charge in [0, 0.05) is 38.5 Å². The second-order valence-corrected chi connectivity index (χ2v) is 14.9. The molecule has 0 N–H and O–H groups in total. The number of hydrogen-bond acceptors (Lipinski definition) is 2. The summed E-state index contributed by atoms with van der Waals surface area (Å²) in [6.45, 7) is 9.45. The van der Waals surface area contributed by atoms with Gasteiger partial charge < -0.3 is 9.32 Å². The largest absolute Gasteiger partial charge is 0.454 e. The van der Waals surface area contributed by atoms with Crippen LogP contribution in [0.2, 0.25) is 0 Å². The van der Waals surface area contributed by atoms with E-state index >= 15 is 0 Å². The number of para-hydroxylation sites is 1. The molecule has 0 saturated carbocycles. The van der Waals surface area contributed by atoms with Crippen molar-refractivity contribution in [2.75, 3.05) is 4.90 Å². The number of furan rings is 1. The summed E-state index contributed by atoms with van der Waals surface area (Å²) in [6, 6.07) is 55.4. The third kappa shape index (κ3) is 3.96. The Kier molecular flexibility index (Phi) is 6.01. The first-order valence-electron chi connectivity index (χ1n) is 17.6. The van der Waals surface area contributed by atoms with Gasteiger partial charge in [0.05, 0.1) is 5.69 Å². The zero-order chi connectivity index (χ0) is 33.8. The fourth-order valence-corrected chi connectivity index (χ4v) is 8.88. The van der Waals surface area contributed by atoms with Crippen molar-refractivity contribution in [3.8, 4) is 33.4 Å². The Morgan fingerprint density at radius 2 is 1.02 bits per heavy atom. The number of nitrogens with zero attached hydrogens (tertiary/aromatic N) is 1. The minimum absolute atomic E-state index is 0.132. The van der Waals surface area contributed by atoms with E-state index in [4.69, 9.17) is 4.42 Å². The van der Waals surface area contributed by atoms with Crippen LogP contribution in [0.15, 0.2) is 156 Å². The molecule has 0 bridgehead atoms. The number of benzene rings is 7. The Morgan fingerprint density at radius 3 is 1.80 bits per heavy atom. The lowest BCUT2D eigenvalue weighted by Gasteiger charge is -2.30. The van der Waals surface area contributed by atoms with E-state index in [1.165, 1.54) is 55.6 Å². The molecule has 0 fully saturated rings. The second kappa shape index (κ2) is 10.3. The van der Waals surface area contributed by atoms with E-state index < -0.39 is 0 Å². The summed E-state index contributed by atoms with van der Waals surface area (Å²) < 4.78 is 6.95. The van der Waals surface area contributed by atoms with Gasteiger partial charge in [0.1, 0.15) is 5.58 Å². The van der Waals surface area contributed by atoms with Gasteiger partial charge in [-0.2, -0.15) is 0 Å². The van der Waals surface area contributed by atoms with E-state index in [2.05, 4.69) is 184 Å². The maximum atomic E-state index is 6.95. The molecule has 2 aliphatic carbocycles. The lowest BCUT2D eigenvalue weighted by molar-refractivity contribution is 0.657. The van der Waals surface area contributed by atoms with Crippen LogP contribution in [0.1, 0.15) is 49.9 Å². The molecule has 0 spiro atoms. The SMILES string of the molecule is CC1(C)c2ccccc2-c2ccc(N(c3ccc(-c4ccccc4)cc3)c3c4c(cc5c3oc3ccccc35)C(C)(C)c3ccccc3-4)cc21. The molecule has 2 heteroatoms. The van der Waals surface area contributed by atoms with Crippen LogP contribution in [0.3, 0.4) is 0 Å². The Hall–Kier alpha value is -5.86. The average Bonchev–Trinajstić information content (AvgIpc) is 3.72. The van der Waals surface area contributed by atoms with Crippen LogP contribution in [0, 0.1) is 0 Å². The molecule has 0 unspecified atom stereocenters. The van der Waals surface area contributed by atoms with Gasteiger partial charge in [-0.3, -0.25) is 0 Å². The van der Waals surface area contributed by atoms with Gasteiger partial charge in [-0.15, -0.1) is 0 Å². The fourth-order valence-electron chi connectivity index (χ4n) is 8.88. The van der Waals surface area contributed by atoms with Gasteiger partial charge >= 0.3 is 0 Å². The van der Waals surface area contributed by atoms with Gasteiger partial charge in [-0.1, -0.05) is 143 Å². The topological polar surface area (TPSA) is 16.4 Å². The van der Waals surface area contributed by atoms with Crippen LogP contribution in [0.25, 0.3) is 55.3 Å². The van der Waals surface area contributed by atoms with Crippen LogP contribution in [-0.4, -0.2) is 0 Å². The quantitative estimate of drug-likeness (QED) is 0.190. The molecule has 2 aliphatic rings. The minimum Gasteiger partial charge on any atom is -0.454 e. The third-order valence-corrected chi connectivity index (χ3v) is 11.5. The first kappa shape index (κ1) is 29.1. The maximum absolute atomic E-state index is 6.95. The molecule has 0 saturated heterocycles. The number of hydrogen-bond donors (Lipinski definition) is 0. The maximum Gasteiger partial charge on any atom is 0.160 e. The molecule has 1 heterocycles. The number of fused-ring (bicyclic) bond motifs is 9. The highest BCUT2D eigenvalue weighted by molar-refractivity contribution is 6.16. The van der Waals surface area contributed by atoms with Crippen LogP contribution < -0.4 is 4.90 Å². The minimum atomic E-state index is -0.183. The summed E-state index contributed by atoms with van der Waals surface area (Å²) in [5, 5.41) is 2.29. The number of rotatable bonds is 4. The van der Waals surface area contributed by atoms with Crippen molar-refractivity contribution < 1.29 is 4.42 Å². The molecule has 1 aromatic heterocycles. The molecular formula is C48H37NO. The van der Waals surface area contributed by atoms with Crippen LogP contribution in [0.5, 0.6) is 0 Å². The van der Waals surface area contributed by atoms with E-state index in [0.717, 1.165) is 39.0 Å².